The van der Waals surface area contributed by atoms with Crippen molar-refractivity contribution in [2.24, 2.45) is 5.73 Å². The van der Waals surface area contributed by atoms with E-state index >= 15 is 0 Å². The molecule has 0 saturated carbocycles. The molecule has 2 aromatic rings. The summed E-state index contributed by atoms with van der Waals surface area (Å²) in [7, 11) is 1.77. The minimum Gasteiger partial charge on any atom is -0.494 e. The van der Waals surface area contributed by atoms with E-state index in [0.29, 0.717) is 13.2 Å². The van der Waals surface area contributed by atoms with Crippen molar-refractivity contribution < 1.29 is 9.53 Å². The van der Waals surface area contributed by atoms with Crippen LogP contribution >= 0.6 is 12.4 Å². The highest BCUT2D eigenvalue weighted by Crippen LogP contribution is 2.21. The van der Waals surface area contributed by atoms with Crippen LogP contribution in [0.25, 0.3) is 0 Å². The van der Waals surface area contributed by atoms with Gasteiger partial charge in [0.1, 0.15) is 11.3 Å². The molecule has 24 heavy (non-hydrogen) atoms. The molecule has 0 spiro atoms. The maximum atomic E-state index is 12.7. The minimum absolute atomic E-state index is 0. The van der Waals surface area contributed by atoms with Gasteiger partial charge >= 0.3 is 0 Å². The molecule has 130 valence electrons. The number of halogens is 1. The van der Waals surface area contributed by atoms with Crippen molar-refractivity contribution in [3.63, 3.8) is 0 Å². The second-order valence-corrected chi connectivity index (χ2v) is 5.81. The van der Waals surface area contributed by atoms with Gasteiger partial charge in [0.2, 0.25) is 5.91 Å². The predicted molar refractivity (Wildman–Crippen MR) is 99.3 cm³/mol. The third-order valence-electron chi connectivity index (χ3n) is 3.82. The van der Waals surface area contributed by atoms with Gasteiger partial charge in [-0.05, 0) is 37.1 Å². The number of nitrogens with zero attached hydrogens (tertiary/aromatic N) is 1. The van der Waals surface area contributed by atoms with E-state index < -0.39 is 5.54 Å². The molecule has 0 aliphatic carbocycles. The normalized spacial score (nSPS) is 12.7. The molecule has 1 atom stereocenters. The molecule has 0 bridgehead atoms. The van der Waals surface area contributed by atoms with Gasteiger partial charge in [-0.2, -0.15) is 0 Å². The van der Waals surface area contributed by atoms with Gasteiger partial charge in [0, 0.05) is 13.6 Å². The Kier molecular flexibility index (Phi) is 7.26. The Morgan fingerprint density at radius 3 is 2.25 bits per heavy atom. The van der Waals surface area contributed by atoms with Crippen LogP contribution in [0, 0.1) is 0 Å². The Morgan fingerprint density at radius 2 is 1.71 bits per heavy atom. The molecule has 0 aromatic heterocycles. The number of hydrogen-bond donors (Lipinski definition) is 1. The van der Waals surface area contributed by atoms with Crippen molar-refractivity contribution in [2.75, 3.05) is 13.7 Å². The first kappa shape index (κ1) is 20.0. The van der Waals surface area contributed by atoms with Crippen molar-refractivity contribution in [3.05, 3.63) is 65.7 Å². The first-order valence-electron chi connectivity index (χ1n) is 7.77. The highest BCUT2D eigenvalue weighted by atomic mass is 35.5. The van der Waals surface area contributed by atoms with E-state index in [9.17, 15) is 4.79 Å². The van der Waals surface area contributed by atoms with Crippen LogP contribution in [0.5, 0.6) is 5.75 Å². The summed E-state index contributed by atoms with van der Waals surface area (Å²) in [6.07, 6.45) is 0. The van der Waals surface area contributed by atoms with E-state index in [1.165, 1.54) is 0 Å². The lowest BCUT2D eigenvalue weighted by molar-refractivity contribution is -0.136. The molecule has 0 aliphatic rings. The summed E-state index contributed by atoms with van der Waals surface area (Å²) in [5, 5.41) is 0. The maximum Gasteiger partial charge on any atom is 0.247 e. The van der Waals surface area contributed by atoms with Gasteiger partial charge in [0.05, 0.1) is 6.61 Å². The first-order chi connectivity index (χ1) is 10.9. The summed E-state index contributed by atoms with van der Waals surface area (Å²) in [5.74, 6) is 0.718. The second kappa shape index (κ2) is 8.71. The smallest absolute Gasteiger partial charge is 0.247 e. The van der Waals surface area contributed by atoms with Crippen molar-refractivity contribution >= 4 is 18.3 Å². The van der Waals surface area contributed by atoms with Crippen LogP contribution in [-0.2, 0) is 16.9 Å². The quantitative estimate of drug-likeness (QED) is 0.871. The van der Waals surface area contributed by atoms with Gasteiger partial charge in [-0.3, -0.25) is 4.79 Å². The third-order valence-corrected chi connectivity index (χ3v) is 3.82. The van der Waals surface area contributed by atoms with E-state index in [4.69, 9.17) is 10.5 Å². The van der Waals surface area contributed by atoms with Crippen molar-refractivity contribution in [2.45, 2.75) is 25.9 Å². The summed E-state index contributed by atoms with van der Waals surface area (Å²) < 4.78 is 5.42. The molecule has 2 aromatic carbocycles. The molecular formula is C19H25ClN2O2. The van der Waals surface area contributed by atoms with E-state index in [-0.39, 0.29) is 18.3 Å². The Bertz CT molecular complexity index is 642. The van der Waals surface area contributed by atoms with Crippen LogP contribution in [0.2, 0.25) is 0 Å². The van der Waals surface area contributed by atoms with Gasteiger partial charge < -0.3 is 15.4 Å². The molecule has 0 aliphatic heterocycles. The number of amides is 1. The summed E-state index contributed by atoms with van der Waals surface area (Å²) >= 11 is 0. The summed E-state index contributed by atoms with van der Waals surface area (Å²) in [6.45, 7) is 4.84. The number of carbonyl (C=O) groups is 1. The van der Waals surface area contributed by atoms with Crippen LogP contribution in [0.1, 0.15) is 25.0 Å². The van der Waals surface area contributed by atoms with Crippen molar-refractivity contribution in [1.82, 2.24) is 4.90 Å². The highest BCUT2D eigenvalue weighted by molar-refractivity contribution is 5.86. The number of ether oxygens (including phenoxy) is 1. The van der Waals surface area contributed by atoms with Gasteiger partial charge in [-0.15, -0.1) is 12.4 Å². The molecule has 4 nitrogen and oxygen atoms in total. The SMILES string of the molecule is CCOc1ccc(CN(C)C(=O)C(C)(N)c2ccccc2)cc1.Cl. The van der Waals surface area contributed by atoms with Crippen LogP contribution in [-0.4, -0.2) is 24.5 Å². The Labute approximate surface area is 150 Å². The molecule has 5 heteroatoms. The molecule has 0 saturated heterocycles. The number of hydrogen-bond acceptors (Lipinski definition) is 3. The predicted octanol–water partition coefficient (Wildman–Crippen LogP) is 3.34. The van der Waals surface area contributed by atoms with Crippen LogP contribution in [0.15, 0.2) is 54.6 Å². The van der Waals surface area contributed by atoms with Gasteiger partial charge in [0.15, 0.2) is 0 Å². The zero-order chi connectivity index (χ0) is 16.9. The van der Waals surface area contributed by atoms with E-state index in [1.54, 1.807) is 18.9 Å². The molecule has 0 heterocycles. The highest BCUT2D eigenvalue weighted by Gasteiger charge is 2.32. The van der Waals surface area contributed by atoms with Gasteiger partial charge in [0.25, 0.3) is 0 Å². The number of rotatable bonds is 6. The standard InChI is InChI=1S/C19H24N2O2.ClH/c1-4-23-17-12-10-15(11-13-17)14-21(3)18(22)19(2,20)16-8-6-5-7-9-16;/h5-13H,4,14,20H2,1-3H3;1H. The average molecular weight is 349 g/mol. The Morgan fingerprint density at radius 1 is 1.12 bits per heavy atom. The molecule has 0 fully saturated rings. The fourth-order valence-electron chi connectivity index (χ4n) is 2.51. The topological polar surface area (TPSA) is 55.6 Å². The van der Waals surface area contributed by atoms with E-state index in [2.05, 4.69) is 0 Å². The summed E-state index contributed by atoms with van der Waals surface area (Å²) in [4.78, 5) is 14.4. The van der Waals surface area contributed by atoms with Crippen molar-refractivity contribution in [3.8, 4) is 5.75 Å². The summed E-state index contributed by atoms with van der Waals surface area (Å²) in [5.41, 5.74) is 7.09. The largest absolute Gasteiger partial charge is 0.494 e. The zero-order valence-corrected chi connectivity index (χ0v) is 15.2. The molecular weight excluding hydrogens is 324 g/mol. The van der Waals surface area contributed by atoms with E-state index in [1.807, 2.05) is 61.5 Å². The van der Waals surface area contributed by atoms with Crippen LogP contribution < -0.4 is 10.5 Å². The molecule has 1 amide bonds. The lowest BCUT2D eigenvalue weighted by Gasteiger charge is -2.29. The maximum absolute atomic E-state index is 12.7. The number of benzene rings is 2. The van der Waals surface area contributed by atoms with E-state index in [0.717, 1.165) is 16.9 Å². The van der Waals surface area contributed by atoms with Crippen LogP contribution in [0.4, 0.5) is 0 Å². The molecule has 1 unspecified atom stereocenters. The molecule has 2 rings (SSSR count). The third kappa shape index (κ3) is 4.73. The van der Waals surface area contributed by atoms with Gasteiger partial charge in [-0.1, -0.05) is 42.5 Å². The zero-order valence-electron chi connectivity index (χ0n) is 14.4. The lowest BCUT2D eigenvalue weighted by atomic mass is 9.91. The fourth-order valence-corrected chi connectivity index (χ4v) is 2.51. The Balaban J connectivity index is 0.00000288. The average Bonchev–Trinajstić information content (AvgIpc) is 2.57. The number of likely N-dealkylation sites (N-methyl/N-ethyl adjacent to an activating group) is 1. The molecule has 0 radical (unpaired) electrons. The summed E-state index contributed by atoms with van der Waals surface area (Å²) in [6, 6.07) is 17.2. The van der Waals surface area contributed by atoms with Gasteiger partial charge in [-0.25, -0.2) is 0 Å². The second-order valence-electron chi connectivity index (χ2n) is 5.81. The number of nitrogens with two attached hydrogens (primary N) is 1. The monoisotopic (exact) mass is 348 g/mol. The Hall–Kier alpha value is -2.04. The lowest BCUT2D eigenvalue weighted by Crippen LogP contribution is -2.49. The first-order valence-corrected chi connectivity index (χ1v) is 7.77. The van der Waals surface area contributed by atoms with Crippen molar-refractivity contribution in [1.29, 1.82) is 0 Å². The van der Waals surface area contributed by atoms with Crippen LogP contribution in [0.3, 0.4) is 0 Å². The minimum atomic E-state index is -1.04. The number of carbonyl (C=O) groups excluding carboxylic acids is 1. The molecule has 2 N–H and O–H groups in total. The fraction of sp³-hybridized carbons (Fsp3) is 0.316.